The molecule has 2 atom stereocenters. The van der Waals surface area contributed by atoms with Gasteiger partial charge in [-0.3, -0.25) is 14.4 Å². The minimum atomic E-state index is -0.758. The van der Waals surface area contributed by atoms with Crippen LogP contribution in [0, 0.1) is 11.8 Å². The molecule has 260 valence electrons. The number of ether oxygens (including phenoxy) is 3. The van der Waals surface area contributed by atoms with Crippen LogP contribution in [0.4, 0.5) is 0 Å². The summed E-state index contributed by atoms with van der Waals surface area (Å²) in [4.78, 5) is 37.1. The van der Waals surface area contributed by atoms with Crippen molar-refractivity contribution in [3.8, 4) is 0 Å². The summed E-state index contributed by atoms with van der Waals surface area (Å²) in [6.45, 7) is 11.1. The summed E-state index contributed by atoms with van der Waals surface area (Å²) in [7, 11) is 0. The Balaban J connectivity index is 4.31. The number of unbranched alkanes of at least 4 members (excludes halogenated alkanes) is 16. The van der Waals surface area contributed by atoms with Crippen LogP contribution in [0.5, 0.6) is 0 Å². The van der Waals surface area contributed by atoms with E-state index in [1.54, 1.807) is 0 Å². The highest BCUT2D eigenvalue weighted by molar-refractivity contribution is 5.71. The lowest BCUT2D eigenvalue weighted by Crippen LogP contribution is -2.30. The number of esters is 3. The van der Waals surface area contributed by atoms with Crippen LogP contribution in [0.25, 0.3) is 0 Å². The summed E-state index contributed by atoms with van der Waals surface area (Å²) in [6, 6.07) is 0. The van der Waals surface area contributed by atoms with Gasteiger partial charge >= 0.3 is 17.9 Å². The van der Waals surface area contributed by atoms with Crippen LogP contribution >= 0.6 is 0 Å². The molecule has 0 aromatic heterocycles. The SMILES string of the molecule is CCCCCCCC(=O)OC[C@@H](COC(=O)CCCCCCCCCCC(C)C)OC(=O)CCCCCCCCC(C)CC. The Bertz CT molecular complexity index is 676. The molecule has 0 aromatic carbocycles. The maximum absolute atomic E-state index is 12.5. The third-order valence-electron chi connectivity index (χ3n) is 8.58. The monoisotopic (exact) mass is 625 g/mol. The molecule has 0 aliphatic rings. The van der Waals surface area contributed by atoms with E-state index in [-0.39, 0.29) is 31.1 Å². The highest BCUT2D eigenvalue weighted by atomic mass is 16.6. The van der Waals surface area contributed by atoms with Gasteiger partial charge < -0.3 is 14.2 Å². The van der Waals surface area contributed by atoms with E-state index in [0.29, 0.717) is 19.3 Å². The van der Waals surface area contributed by atoms with Crippen molar-refractivity contribution >= 4 is 17.9 Å². The molecule has 0 aromatic rings. The first-order valence-corrected chi connectivity index (χ1v) is 18.8. The largest absolute Gasteiger partial charge is 0.462 e. The zero-order valence-corrected chi connectivity index (χ0v) is 29.8. The van der Waals surface area contributed by atoms with Crippen molar-refractivity contribution < 1.29 is 28.6 Å². The highest BCUT2D eigenvalue weighted by Crippen LogP contribution is 2.16. The van der Waals surface area contributed by atoms with Crippen molar-refractivity contribution in [2.24, 2.45) is 11.8 Å². The van der Waals surface area contributed by atoms with Gasteiger partial charge in [0.15, 0.2) is 6.10 Å². The molecule has 44 heavy (non-hydrogen) atoms. The van der Waals surface area contributed by atoms with Crippen LogP contribution in [0.1, 0.15) is 195 Å². The maximum atomic E-state index is 12.5. The van der Waals surface area contributed by atoms with E-state index in [1.165, 1.54) is 77.0 Å². The molecule has 0 saturated carbocycles. The quantitative estimate of drug-likeness (QED) is 0.0421. The van der Waals surface area contributed by atoms with Crippen LogP contribution in [0.15, 0.2) is 0 Å². The van der Waals surface area contributed by atoms with Gasteiger partial charge in [-0.25, -0.2) is 0 Å². The Labute approximate surface area is 272 Å². The van der Waals surface area contributed by atoms with Gasteiger partial charge in [-0.05, 0) is 31.1 Å². The summed E-state index contributed by atoms with van der Waals surface area (Å²) in [6.07, 6.45) is 25.5. The van der Waals surface area contributed by atoms with Gasteiger partial charge in [0.25, 0.3) is 0 Å². The van der Waals surface area contributed by atoms with Gasteiger partial charge in [0.1, 0.15) is 13.2 Å². The Morgan fingerprint density at radius 3 is 1.30 bits per heavy atom. The number of hydrogen-bond acceptors (Lipinski definition) is 6. The summed E-state index contributed by atoms with van der Waals surface area (Å²) >= 11 is 0. The molecule has 0 spiro atoms. The maximum Gasteiger partial charge on any atom is 0.306 e. The molecule has 6 heteroatoms. The van der Waals surface area contributed by atoms with Crippen molar-refractivity contribution in [1.82, 2.24) is 0 Å². The summed E-state index contributed by atoms with van der Waals surface area (Å²) in [5.41, 5.74) is 0. The van der Waals surface area contributed by atoms with Gasteiger partial charge in [-0.2, -0.15) is 0 Å². The molecule has 0 aliphatic carbocycles. The second-order valence-electron chi connectivity index (χ2n) is 13.6. The fourth-order valence-electron chi connectivity index (χ4n) is 5.31. The second-order valence-corrected chi connectivity index (χ2v) is 13.6. The molecule has 0 aliphatic heterocycles. The highest BCUT2D eigenvalue weighted by Gasteiger charge is 2.19. The number of hydrogen-bond donors (Lipinski definition) is 0. The van der Waals surface area contributed by atoms with Crippen molar-refractivity contribution in [2.75, 3.05) is 13.2 Å². The van der Waals surface area contributed by atoms with Crippen molar-refractivity contribution in [3.05, 3.63) is 0 Å². The van der Waals surface area contributed by atoms with E-state index in [0.717, 1.165) is 76.0 Å². The first-order valence-electron chi connectivity index (χ1n) is 18.8. The average molecular weight is 625 g/mol. The molecule has 0 rings (SSSR count). The van der Waals surface area contributed by atoms with Crippen LogP contribution in [0.3, 0.4) is 0 Å². The molecule has 0 bridgehead atoms. The lowest BCUT2D eigenvalue weighted by molar-refractivity contribution is -0.167. The van der Waals surface area contributed by atoms with E-state index in [2.05, 4.69) is 34.6 Å². The van der Waals surface area contributed by atoms with Gasteiger partial charge in [0.2, 0.25) is 0 Å². The molecule has 0 amide bonds. The molecule has 0 radical (unpaired) electrons. The number of carbonyl (C=O) groups is 3. The predicted molar refractivity (Wildman–Crippen MR) is 183 cm³/mol. The fourth-order valence-corrected chi connectivity index (χ4v) is 5.31. The van der Waals surface area contributed by atoms with Crippen LogP contribution in [0.2, 0.25) is 0 Å². The van der Waals surface area contributed by atoms with E-state index in [4.69, 9.17) is 14.2 Å². The van der Waals surface area contributed by atoms with E-state index < -0.39 is 6.10 Å². The van der Waals surface area contributed by atoms with Crippen molar-refractivity contribution in [1.29, 1.82) is 0 Å². The molecule has 1 unspecified atom stereocenters. The predicted octanol–water partition coefficient (Wildman–Crippen LogP) is 11.1. The molecular formula is C38H72O6. The van der Waals surface area contributed by atoms with Crippen molar-refractivity contribution in [2.45, 2.75) is 201 Å². The van der Waals surface area contributed by atoms with Gasteiger partial charge in [-0.15, -0.1) is 0 Å². The minimum absolute atomic E-state index is 0.0685. The number of rotatable bonds is 32. The smallest absolute Gasteiger partial charge is 0.306 e. The Morgan fingerprint density at radius 1 is 0.477 bits per heavy atom. The van der Waals surface area contributed by atoms with Gasteiger partial charge in [-0.1, -0.05) is 157 Å². The normalized spacial score (nSPS) is 12.7. The lowest BCUT2D eigenvalue weighted by atomic mass is 10.00. The standard InChI is InChI=1S/C38H72O6/c1-6-8-9-16-23-28-36(39)42-31-35(44-38(41)30-25-20-15-14-18-22-27-34(5)7-2)32-43-37(40)29-24-19-13-11-10-12-17-21-26-33(3)4/h33-35H,6-32H2,1-5H3/t34?,35-/m0/s1. The minimum Gasteiger partial charge on any atom is -0.462 e. The van der Waals surface area contributed by atoms with Crippen LogP contribution < -0.4 is 0 Å². The molecule has 0 N–H and O–H groups in total. The summed E-state index contributed by atoms with van der Waals surface area (Å²) in [5.74, 6) is 0.720. The molecule has 6 nitrogen and oxygen atoms in total. The molecule has 0 fully saturated rings. The van der Waals surface area contributed by atoms with Gasteiger partial charge in [0.05, 0.1) is 0 Å². The molecular weight excluding hydrogens is 552 g/mol. The van der Waals surface area contributed by atoms with E-state index >= 15 is 0 Å². The topological polar surface area (TPSA) is 78.9 Å². The second kappa shape index (κ2) is 31.4. The fraction of sp³-hybridized carbons (Fsp3) is 0.921. The first-order chi connectivity index (χ1) is 21.3. The summed E-state index contributed by atoms with van der Waals surface area (Å²) in [5, 5.41) is 0. The summed E-state index contributed by atoms with van der Waals surface area (Å²) < 4.78 is 16.5. The third kappa shape index (κ3) is 30.4. The van der Waals surface area contributed by atoms with E-state index in [9.17, 15) is 14.4 Å². The third-order valence-corrected chi connectivity index (χ3v) is 8.58. The van der Waals surface area contributed by atoms with Crippen LogP contribution in [-0.4, -0.2) is 37.2 Å². The van der Waals surface area contributed by atoms with Gasteiger partial charge in [0, 0.05) is 19.3 Å². The first kappa shape index (κ1) is 42.4. The van der Waals surface area contributed by atoms with E-state index in [1.807, 2.05) is 0 Å². The Morgan fingerprint density at radius 2 is 0.864 bits per heavy atom. The number of carbonyl (C=O) groups excluding carboxylic acids is 3. The molecule has 0 heterocycles. The van der Waals surface area contributed by atoms with Crippen LogP contribution in [-0.2, 0) is 28.6 Å². The Kier molecular flexibility index (Phi) is 30.3. The average Bonchev–Trinajstić information content (AvgIpc) is 3.00. The Hall–Kier alpha value is -1.59. The molecule has 0 saturated heterocycles. The lowest BCUT2D eigenvalue weighted by Gasteiger charge is -2.18. The zero-order chi connectivity index (χ0) is 32.7. The zero-order valence-electron chi connectivity index (χ0n) is 29.8. The van der Waals surface area contributed by atoms with Crippen molar-refractivity contribution in [3.63, 3.8) is 0 Å².